The summed E-state index contributed by atoms with van der Waals surface area (Å²) in [5, 5.41) is 26.2. The van der Waals surface area contributed by atoms with Crippen LogP contribution in [0, 0.1) is 0 Å². The normalized spacial score (nSPS) is 12.9. The fourth-order valence-electron chi connectivity index (χ4n) is 3.66. The lowest BCUT2D eigenvalue weighted by Crippen LogP contribution is -2.41. The van der Waals surface area contributed by atoms with E-state index in [0.29, 0.717) is 33.9 Å². The Morgan fingerprint density at radius 3 is 2.28 bits per heavy atom. The van der Waals surface area contributed by atoms with Crippen molar-refractivity contribution >= 4 is 40.4 Å². The maximum absolute atomic E-state index is 12.5. The molecule has 11 nitrogen and oxygen atoms in total. The number of nitrogens with one attached hydrogen (secondary N) is 2. The zero-order chi connectivity index (χ0) is 28.2. The number of aromatic nitrogens is 2. The van der Waals surface area contributed by atoms with Crippen LogP contribution in [0.25, 0.3) is 11.0 Å². The lowest BCUT2D eigenvalue weighted by atomic mass is 10.1. The van der Waals surface area contributed by atoms with Gasteiger partial charge in [-0.15, -0.1) is 0 Å². The van der Waals surface area contributed by atoms with Gasteiger partial charge in [0.15, 0.2) is 6.10 Å². The van der Waals surface area contributed by atoms with Crippen LogP contribution in [0.15, 0.2) is 72.8 Å². The maximum Gasteiger partial charge on any atom is 0.421 e. The van der Waals surface area contributed by atoms with Crippen LogP contribution >= 0.6 is 0 Å². The van der Waals surface area contributed by atoms with E-state index in [2.05, 4.69) is 15.6 Å². The molecule has 0 fully saturated rings. The summed E-state index contributed by atoms with van der Waals surface area (Å²) >= 11 is 0. The fraction of sp³-hybridized carbons (Fsp3) is 0.250. The number of anilines is 3. The number of rotatable bonds is 8. The molecule has 4 rings (SSSR count). The Balaban J connectivity index is 1.32. The van der Waals surface area contributed by atoms with Crippen LogP contribution in [0.4, 0.5) is 22.1 Å². The van der Waals surface area contributed by atoms with E-state index in [1.54, 1.807) is 63.2 Å². The van der Waals surface area contributed by atoms with Gasteiger partial charge in [-0.3, -0.25) is 4.79 Å². The zero-order valence-electron chi connectivity index (χ0n) is 21.8. The number of fused-ring (bicyclic) bond motifs is 1. The number of hydrogen-bond donors (Lipinski definition) is 5. The summed E-state index contributed by atoms with van der Waals surface area (Å²) in [6.07, 6.45) is -3.75. The van der Waals surface area contributed by atoms with Gasteiger partial charge in [-0.2, -0.15) is 0 Å². The van der Waals surface area contributed by atoms with Crippen molar-refractivity contribution in [2.45, 2.75) is 38.6 Å². The number of carbonyl (C=O) groups is 2. The molecule has 3 aromatic carbocycles. The lowest BCUT2D eigenvalue weighted by molar-refractivity contribution is -0.129. The average Bonchev–Trinajstić information content (AvgIpc) is 3.22. The average molecular weight is 534 g/mol. The number of nitrogen functional groups attached to an aromatic ring is 1. The third kappa shape index (κ3) is 7.03. The van der Waals surface area contributed by atoms with Crippen LogP contribution in [0.3, 0.4) is 0 Å². The Bertz CT molecular complexity index is 1450. The fourth-order valence-corrected chi connectivity index (χ4v) is 3.66. The molecule has 0 unspecified atom stereocenters. The van der Waals surface area contributed by atoms with Gasteiger partial charge in [0.25, 0.3) is 5.91 Å². The first-order valence-corrected chi connectivity index (χ1v) is 12.3. The standard InChI is InChI=1S/C28H31N5O6/c1-28(2,3)39-27(37)33-22-14-11-18(15-21(22)32-26(33)29)30-16-23(34)24(35)25(36)31-17-9-12-20(13-10-17)38-19-7-5-4-6-8-19/h4-15,23-24,30,34-35H,16H2,1-3H3,(H2,29,32)(H,31,36)/t23-,24+/m0/s1. The molecular formula is C28H31N5O6. The zero-order valence-corrected chi connectivity index (χ0v) is 21.8. The summed E-state index contributed by atoms with van der Waals surface area (Å²) in [4.78, 5) is 29.2. The topological polar surface area (TPSA) is 161 Å². The van der Waals surface area contributed by atoms with Crippen LogP contribution in [0.2, 0.25) is 0 Å². The highest BCUT2D eigenvalue weighted by Crippen LogP contribution is 2.24. The molecule has 0 aliphatic heterocycles. The van der Waals surface area contributed by atoms with E-state index in [1.807, 2.05) is 30.3 Å². The highest BCUT2D eigenvalue weighted by atomic mass is 16.6. The molecule has 0 saturated heterocycles. The van der Waals surface area contributed by atoms with Gasteiger partial charge in [-0.05, 0) is 75.4 Å². The monoisotopic (exact) mass is 533 g/mol. The molecule has 4 aromatic rings. The molecule has 1 heterocycles. The van der Waals surface area contributed by atoms with Crippen molar-refractivity contribution in [2.75, 3.05) is 22.9 Å². The summed E-state index contributed by atoms with van der Waals surface area (Å²) < 4.78 is 12.3. The first-order valence-electron chi connectivity index (χ1n) is 12.3. The minimum absolute atomic E-state index is 0.0248. The first-order chi connectivity index (χ1) is 18.5. The van der Waals surface area contributed by atoms with Crippen molar-refractivity contribution in [3.05, 3.63) is 72.8 Å². The van der Waals surface area contributed by atoms with E-state index >= 15 is 0 Å². The predicted molar refractivity (Wildman–Crippen MR) is 148 cm³/mol. The number of ether oxygens (including phenoxy) is 2. The molecule has 11 heteroatoms. The van der Waals surface area contributed by atoms with Gasteiger partial charge in [0, 0.05) is 17.9 Å². The molecule has 0 aliphatic rings. The summed E-state index contributed by atoms with van der Waals surface area (Å²) in [6, 6.07) is 20.8. The Morgan fingerprint density at radius 1 is 0.974 bits per heavy atom. The van der Waals surface area contributed by atoms with Crippen molar-refractivity contribution in [1.29, 1.82) is 0 Å². The highest BCUT2D eigenvalue weighted by Gasteiger charge is 2.25. The van der Waals surface area contributed by atoms with E-state index < -0.39 is 29.8 Å². The number of amides is 1. The van der Waals surface area contributed by atoms with Crippen molar-refractivity contribution in [3.63, 3.8) is 0 Å². The van der Waals surface area contributed by atoms with E-state index in [9.17, 15) is 19.8 Å². The smallest absolute Gasteiger partial charge is 0.421 e. The molecule has 0 saturated carbocycles. The molecule has 1 aromatic heterocycles. The summed E-state index contributed by atoms with van der Waals surface area (Å²) in [5.74, 6) is 0.474. The number of carbonyl (C=O) groups excluding carboxylic acids is 2. The summed E-state index contributed by atoms with van der Waals surface area (Å²) in [7, 11) is 0. The third-order valence-electron chi connectivity index (χ3n) is 5.51. The summed E-state index contributed by atoms with van der Waals surface area (Å²) in [5.41, 5.74) is 7.08. The minimum Gasteiger partial charge on any atom is -0.457 e. The van der Waals surface area contributed by atoms with Crippen LogP contribution in [-0.4, -0.2) is 56.1 Å². The van der Waals surface area contributed by atoms with Crippen LogP contribution in [0.5, 0.6) is 11.5 Å². The minimum atomic E-state index is -1.69. The Morgan fingerprint density at radius 2 is 1.62 bits per heavy atom. The quantitative estimate of drug-likeness (QED) is 0.226. The van der Waals surface area contributed by atoms with E-state index in [1.165, 1.54) is 4.57 Å². The van der Waals surface area contributed by atoms with Crippen molar-refractivity contribution in [2.24, 2.45) is 0 Å². The Labute approximate surface area is 225 Å². The molecular weight excluding hydrogens is 502 g/mol. The Kier molecular flexibility index (Phi) is 8.03. The molecule has 204 valence electrons. The predicted octanol–water partition coefficient (Wildman–Crippen LogP) is 3.97. The number of aliphatic hydroxyl groups is 2. The van der Waals surface area contributed by atoms with Gasteiger partial charge < -0.3 is 36.1 Å². The second kappa shape index (κ2) is 11.4. The Hall–Kier alpha value is -4.61. The van der Waals surface area contributed by atoms with Gasteiger partial charge >= 0.3 is 6.09 Å². The van der Waals surface area contributed by atoms with Crippen molar-refractivity contribution < 1.29 is 29.3 Å². The van der Waals surface area contributed by atoms with Crippen molar-refractivity contribution in [3.8, 4) is 11.5 Å². The van der Waals surface area contributed by atoms with Crippen LogP contribution in [0.1, 0.15) is 20.8 Å². The molecule has 2 atom stereocenters. The SMILES string of the molecule is CC(C)(C)OC(=O)n1c(N)nc2cc(NC[C@H](O)[C@@H](O)C(=O)Nc3ccc(Oc4ccccc4)cc3)ccc21. The van der Waals surface area contributed by atoms with E-state index in [0.717, 1.165) is 0 Å². The maximum atomic E-state index is 12.5. The first kappa shape index (κ1) is 27.4. The van der Waals surface area contributed by atoms with Gasteiger partial charge in [0.2, 0.25) is 5.95 Å². The van der Waals surface area contributed by atoms with Crippen LogP contribution < -0.4 is 21.1 Å². The largest absolute Gasteiger partial charge is 0.457 e. The molecule has 0 radical (unpaired) electrons. The summed E-state index contributed by atoms with van der Waals surface area (Å²) in [6.45, 7) is 5.12. The molecule has 39 heavy (non-hydrogen) atoms. The second-order valence-corrected chi connectivity index (χ2v) is 9.81. The number of benzene rings is 3. The second-order valence-electron chi connectivity index (χ2n) is 9.81. The van der Waals surface area contributed by atoms with Gasteiger partial charge in [0.1, 0.15) is 23.2 Å². The van der Waals surface area contributed by atoms with Gasteiger partial charge in [0.05, 0.1) is 11.0 Å². The van der Waals surface area contributed by atoms with E-state index in [-0.39, 0.29) is 12.5 Å². The van der Waals surface area contributed by atoms with Gasteiger partial charge in [-0.1, -0.05) is 18.2 Å². The third-order valence-corrected chi connectivity index (χ3v) is 5.51. The number of imidazole rings is 1. The lowest BCUT2D eigenvalue weighted by Gasteiger charge is -2.20. The highest BCUT2D eigenvalue weighted by molar-refractivity contribution is 5.94. The number of nitrogens with zero attached hydrogens (tertiary/aromatic N) is 2. The number of para-hydroxylation sites is 1. The molecule has 0 spiro atoms. The van der Waals surface area contributed by atoms with Gasteiger partial charge in [-0.25, -0.2) is 14.3 Å². The molecule has 0 bridgehead atoms. The number of aliphatic hydroxyl groups excluding tert-OH is 2. The van der Waals surface area contributed by atoms with Crippen molar-refractivity contribution in [1.82, 2.24) is 9.55 Å². The molecule has 6 N–H and O–H groups in total. The molecule has 0 aliphatic carbocycles. The number of nitrogens with two attached hydrogens (primary N) is 1. The molecule has 1 amide bonds. The number of hydrogen-bond acceptors (Lipinski definition) is 9. The van der Waals surface area contributed by atoms with Crippen LogP contribution in [-0.2, 0) is 9.53 Å². The van der Waals surface area contributed by atoms with E-state index in [4.69, 9.17) is 15.2 Å².